The second-order valence-electron chi connectivity index (χ2n) is 6.55. The Bertz CT molecular complexity index is 517. The lowest BCUT2D eigenvalue weighted by molar-refractivity contribution is 0.177. The van der Waals surface area contributed by atoms with Gasteiger partial charge in [-0.05, 0) is 48.6 Å². The van der Waals surface area contributed by atoms with Crippen LogP contribution in [0.15, 0.2) is 24.3 Å². The molecule has 1 aromatic rings. The van der Waals surface area contributed by atoms with Gasteiger partial charge in [-0.2, -0.15) is 0 Å². The molecule has 0 heterocycles. The van der Waals surface area contributed by atoms with Crippen LogP contribution in [0, 0.1) is 11.8 Å². The van der Waals surface area contributed by atoms with E-state index in [1.165, 1.54) is 11.1 Å². The average Bonchev–Trinajstić information content (AvgIpc) is 3.01. The van der Waals surface area contributed by atoms with Crippen molar-refractivity contribution in [3.63, 3.8) is 0 Å². The zero-order chi connectivity index (χ0) is 14.8. The third-order valence-corrected chi connectivity index (χ3v) is 4.85. The Morgan fingerprint density at radius 1 is 1.33 bits per heavy atom. The van der Waals surface area contributed by atoms with E-state index in [0.29, 0.717) is 18.4 Å². The molecular formula is C17H24N2O2. The molecule has 3 N–H and O–H groups in total. The Balaban J connectivity index is 1.53. The Morgan fingerprint density at radius 3 is 2.90 bits per heavy atom. The summed E-state index contributed by atoms with van der Waals surface area (Å²) in [6, 6.07) is 8.35. The van der Waals surface area contributed by atoms with Crippen molar-refractivity contribution in [3.8, 4) is 0 Å². The van der Waals surface area contributed by atoms with Crippen molar-refractivity contribution < 1.29 is 9.90 Å². The monoisotopic (exact) mass is 288 g/mol. The first kappa shape index (κ1) is 14.4. The number of aliphatic hydroxyl groups is 1. The molecule has 3 rings (SSSR count). The largest absolute Gasteiger partial charge is 0.393 e. The summed E-state index contributed by atoms with van der Waals surface area (Å²) in [6.07, 6.45) is 3.52. The van der Waals surface area contributed by atoms with E-state index in [1.807, 2.05) is 6.07 Å². The molecule has 1 fully saturated rings. The van der Waals surface area contributed by atoms with Gasteiger partial charge in [0.1, 0.15) is 0 Å². The van der Waals surface area contributed by atoms with Crippen molar-refractivity contribution in [1.29, 1.82) is 0 Å². The van der Waals surface area contributed by atoms with E-state index in [2.05, 4.69) is 35.8 Å². The lowest BCUT2D eigenvalue weighted by atomic mass is 10.0. The highest BCUT2D eigenvalue weighted by molar-refractivity contribution is 5.74. The lowest BCUT2D eigenvalue weighted by Crippen LogP contribution is -2.40. The molecule has 2 aliphatic carbocycles. The lowest BCUT2D eigenvalue weighted by Gasteiger charge is -2.20. The molecule has 2 amide bonds. The summed E-state index contributed by atoms with van der Waals surface area (Å²) in [7, 11) is 0. The highest BCUT2D eigenvalue weighted by atomic mass is 16.3. The highest BCUT2D eigenvalue weighted by Crippen LogP contribution is 2.35. The molecule has 0 saturated heterocycles. The molecule has 2 aliphatic rings. The van der Waals surface area contributed by atoms with Gasteiger partial charge < -0.3 is 15.7 Å². The quantitative estimate of drug-likeness (QED) is 0.799. The second-order valence-corrected chi connectivity index (χ2v) is 6.55. The van der Waals surface area contributed by atoms with Gasteiger partial charge in [-0.1, -0.05) is 31.2 Å². The number of fused-ring (bicyclic) bond motifs is 1. The SMILES string of the molecule is CC1Cc2ccccc2C1NC(=O)NCC1CCC(O)C1. The van der Waals surface area contributed by atoms with Crippen LogP contribution in [-0.4, -0.2) is 23.8 Å². The molecule has 4 unspecified atom stereocenters. The molecule has 1 aromatic carbocycles. The first-order valence-electron chi connectivity index (χ1n) is 7.93. The molecule has 4 nitrogen and oxygen atoms in total. The molecule has 4 heteroatoms. The number of urea groups is 1. The van der Waals surface area contributed by atoms with E-state index in [1.54, 1.807) is 0 Å². The van der Waals surface area contributed by atoms with Gasteiger partial charge in [0.2, 0.25) is 0 Å². The number of amides is 2. The van der Waals surface area contributed by atoms with Crippen LogP contribution in [0.25, 0.3) is 0 Å². The zero-order valence-corrected chi connectivity index (χ0v) is 12.5. The van der Waals surface area contributed by atoms with Gasteiger partial charge in [0.15, 0.2) is 0 Å². The zero-order valence-electron chi connectivity index (χ0n) is 12.5. The maximum atomic E-state index is 12.1. The minimum absolute atomic E-state index is 0.0926. The predicted molar refractivity (Wildman–Crippen MR) is 81.9 cm³/mol. The predicted octanol–water partition coefficient (Wildman–Crippen LogP) is 2.38. The summed E-state index contributed by atoms with van der Waals surface area (Å²) >= 11 is 0. The van der Waals surface area contributed by atoms with Gasteiger partial charge in [0.05, 0.1) is 12.1 Å². The first-order chi connectivity index (χ1) is 10.1. The highest BCUT2D eigenvalue weighted by Gasteiger charge is 2.30. The summed E-state index contributed by atoms with van der Waals surface area (Å²) in [5.74, 6) is 0.848. The molecule has 4 atom stereocenters. The average molecular weight is 288 g/mol. The molecule has 0 spiro atoms. The van der Waals surface area contributed by atoms with E-state index in [9.17, 15) is 9.90 Å². The number of carbonyl (C=O) groups excluding carboxylic acids is 1. The van der Waals surface area contributed by atoms with Crippen LogP contribution in [-0.2, 0) is 6.42 Å². The molecule has 21 heavy (non-hydrogen) atoms. The van der Waals surface area contributed by atoms with Gasteiger partial charge in [0.25, 0.3) is 0 Å². The number of carbonyl (C=O) groups is 1. The minimum atomic E-state index is -0.179. The van der Waals surface area contributed by atoms with Crippen molar-refractivity contribution in [3.05, 3.63) is 35.4 Å². The normalized spacial score (nSPS) is 31.0. The van der Waals surface area contributed by atoms with Crippen LogP contribution in [0.2, 0.25) is 0 Å². The van der Waals surface area contributed by atoms with Crippen LogP contribution in [0.5, 0.6) is 0 Å². The van der Waals surface area contributed by atoms with Gasteiger partial charge in [-0.3, -0.25) is 0 Å². The second kappa shape index (κ2) is 6.06. The Labute approximate surface area is 125 Å². The van der Waals surface area contributed by atoms with Crippen LogP contribution >= 0.6 is 0 Å². The third-order valence-electron chi connectivity index (χ3n) is 4.85. The number of hydrogen-bond donors (Lipinski definition) is 3. The molecule has 0 aliphatic heterocycles. The molecule has 0 bridgehead atoms. The minimum Gasteiger partial charge on any atom is -0.393 e. The van der Waals surface area contributed by atoms with E-state index in [-0.39, 0.29) is 18.2 Å². The smallest absolute Gasteiger partial charge is 0.315 e. The number of hydrogen-bond acceptors (Lipinski definition) is 2. The summed E-state index contributed by atoms with van der Waals surface area (Å²) in [5, 5.41) is 15.6. The number of nitrogens with one attached hydrogen (secondary N) is 2. The third kappa shape index (κ3) is 3.21. The first-order valence-corrected chi connectivity index (χ1v) is 7.93. The fourth-order valence-corrected chi connectivity index (χ4v) is 3.68. The van der Waals surface area contributed by atoms with Gasteiger partial charge >= 0.3 is 6.03 Å². The Morgan fingerprint density at radius 2 is 2.14 bits per heavy atom. The van der Waals surface area contributed by atoms with Crippen LogP contribution in [0.3, 0.4) is 0 Å². The van der Waals surface area contributed by atoms with Crippen molar-refractivity contribution in [2.45, 2.75) is 44.8 Å². The molecule has 1 saturated carbocycles. The maximum Gasteiger partial charge on any atom is 0.315 e. The standard InChI is InChI=1S/C17H24N2O2/c1-11-8-13-4-2-3-5-15(13)16(11)19-17(21)18-10-12-6-7-14(20)9-12/h2-5,11-12,14,16,20H,6-10H2,1H3,(H2,18,19,21). The van der Waals surface area contributed by atoms with E-state index >= 15 is 0 Å². The summed E-state index contributed by atoms with van der Waals surface area (Å²) in [6.45, 7) is 2.84. The molecule has 114 valence electrons. The van der Waals surface area contributed by atoms with E-state index < -0.39 is 0 Å². The van der Waals surface area contributed by atoms with Crippen LogP contribution in [0.4, 0.5) is 4.79 Å². The number of benzene rings is 1. The molecule has 0 aromatic heterocycles. The number of aliphatic hydroxyl groups excluding tert-OH is 1. The van der Waals surface area contributed by atoms with Crippen molar-refractivity contribution in [2.24, 2.45) is 11.8 Å². The summed E-state index contributed by atoms with van der Waals surface area (Å²) in [4.78, 5) is 12.1. The van der Waals surface area contributed by atoms with Crippen LogP contribution < -0.4 is 10.6 Å². The maximum absolute atomic E-state index is 12.1. The molecule has 0 radical (unpaired) electrons. The Kier molecular flexibility index (Phi) is 4.15. The summed E-state index contributed by atoms with van der Waals surface area (Å²) < 4.78 is 0. The fourth-order valence-electron chi connectivity index (χ4n) is 3.68. The van der Waals surface area contributed by atoms with Crippen molar-refractivity contribution >= 4 is 6.03 Å². The van der Waals surface area contributed by atoms with Gasteiger partial charge in [-0.15, -0.1) is 0 Å². The van der Waals surface area contributed by atoms with E-state index in [0.717, 1.165) is 25.7 Å². The van der Waals surface area contributed by atoms with Crippen molar-refractivity contribution in [1.82, 2.24) is 10.6 Å². The van der Waals surface area contributed by atoms with Gasteiger partial charge in [0, 0.05) is 6.54 Å². The van der Waals surface area contributed by atoms with Crippen molar-refractivity contribution in [2.75, 3.05) is 6.54 Å². The summed E-state index contributed by atoms with van der Waals surface area (Å²) in [5.41, 5.74) is 2.59. The fraction of sp³-hybridized carbons (Fsp3) is 0.588. The Hall–Kier alpha value is -1.55. The number of rotatable bonds is 3. The topological polar surface area (TPSA) is 61.4 Å². The van der Waals surface area contributed by atoms with E-state index in [4.69, 9.17) is 0 Å². The van der Waals surface area contributed by atoms with Crippen LogP contribution in [0.1, 0.15) is 43.4 Å². The van der Waals surface area contributed by atoms with Gasteiger partial charge in [-0.25, -0.2) is 4.79 Å². The molecular weight excluding hydrogens is 264 g/mol.